The molecular weight excluding hydrogens is 386 g/mol. The Hall–Kier alpha value is -3.13. The van der Waals surface area contributed by atoms with Gasteiger partial charge in [0.2, 0.25) is 11.7 Å². The number of ketones is 1. The molecule has 1 unspecified atom stereocenters. The first-order chi connectivity index (χ1) is 14.6. The Morgan fingerprint density at radius 2 is 2.10 bits per heavy atom. The van der Waals surface area contributed by atoms with Gasteiger partial charge in [-0.2, -0.15) is 0 Å². The number of aromatic nitrogens is 1. The number of carbonyl (C=O) groups is 1. The third-order valence-electron chi connectivity index (χ3n) is 5.12. The molecule has 1 aliphatic rings. The van der Waals surface area contributed by atoms with E-state index < -0.39 is 5.78 Å². The Kier molecular flexibility index (Phi) is 7.62. The number of benzene rings is 1. The molecular formula is C22H27N3O5. The molecule has 2 aromatic rings. The third kappa shape index (κ3) is 5.70. The minimum absolute atomic E-state index is 0.346. The lowest BCUT2D eigenvalue weighted by atomic mass is 9.98. The van der Waals surface area contributed by atoms with Crippen LogP contribution in [0.5, 0.6) is 17.4 Å². The highest BCUT2D eigenvalue weighted by Gasteiger charge is 2.21. The molecule has 1 atom stereocenters. The van der Waals surface area contributed by atoms with Gasteiger partial charge >= 0.3 is 0 Å². The number of ether oxygens (including phenoxy) is 3. The summed E-state index contributed by atoms with van der Waals surface area (Å²) in [5, 5.41) is 11.2. The van der Waals surface area contributed by atoms with Crippen molar-refractivity contribution in [1.82, 2.24) is 9.88 Å². The van der Waals surface area contributed by atoms with Gasteiger partial charge in [0.25, 0.3) is 0 Å². The largest absolute Gasteiger partial charge is 0.493 e. The molecule has 0 saturated carbocycles. The predicted octanol–water partition coefficient (Wildman–Crippen LogP) is 3.03. The Labute approximate surface area is 176 Å². The van der Waals surface area contributed by atoms with Crippen LogP contribution in [-0.2, 0) is 6.54 Å². The molecule has 160 valence electrons. The number of pyridine rings is 1. The smallest absolute Gasteiger partial charge is 0.213 e. The average molecular weight is 413 g/mol. The van der Waals surface area contributed by atoms with E-state index in [4.69, 9.17) is 19.4 Å². The second-order valence-corrected chi connectivity index (χ2v) is 7.24. The number of oxime groups is 1. The Morgan fingerprint density at radius 3 is 2.80 bits per heavy atom. The van der Waals surface area contributed by atoms with Crippen LogP contribution in [0.15, 0.2) is 41.7 Å². The molecule has 0 aliphatic carbocycles. The predicted molar refractivity (Wildman–Crippen MR) is 112 cm³/mol. The summed E-state index contributed by atoms with van der Waals surface area (Å²) in [5.74, 6) is 1.95. The maximum Gasteiger partial charge on any atom is 0.213 e. The first kappa shape index (κ1) is 21.6. The lowest BCUT2D eigenvalue weighted by Gasteiger charge is -2.32. The fraction of sp³-hybridized carbons (Fsp3) is 0.409. The molecule has 1 fully saturated rings. The van der Waals surface area contributed by atoms with Gasteiger partial charge in [0.1, 0.15) is 6.21 Å². The van der Waals surface area contributed by atoms with Crippen molar-refractivity contribution in [2.75, 3.05) is 33.9 Å². The van der Waals surface area contributed by atoms with E-state index in [1.165, 1.54) is 11.8 Å². The van der Waals surface area contributed by atoms with E-state index in [9.17, 15) is 4.79 Å². The molecule has 3 rings (SSSR count). The van der Waals surface area contributed by atoms with Crippen LogP contribution in [0.2, 0.25) is 0 Å². The van der Waals surface area contributed by atoms with Crippen molar-refractivity contribution < 1.29 is 24.2 Å². The molecule has 1 saturated heterocycles. The number of likely N-dealkylation sites (tertiary alicyclic amines) is 1. The molecule has 0 radical (unpaired) electrons. The van der Waals surface area contributed by atoms with Crippen LogP contribution < -0.4 is 14.2 Å². The second-order valence-electron chi connectivity index (χ2n) is 7.24. The molecule has 1 aromatic carbocycles. The lowest BCUT2D eigenvalue weighted by molar-refractivity contribution is 0.106. The van der Waals surface area contributed by atoms with Crippen LogP contribution in [0.1, 0.15) is 28.8 Å². The monoisotopic (exact) mass is 413 g/mol. The number of Topliss-reactive ketones (excluding diaryl/α,β-unsaturated/α-hetero) is 1. The lowest BCUT2D eigenvalue weighted by Crippen LogP contribution is -2.37. The van der Waals surface area contributed by atoms with Crippen LogP contribution in [0, 0.1) is 5.92 Å². The van der Waals surface area contributed by atoms with Crippen molar-refractivity contribution in [3.8, 4) is 17.4 Å². The number of hydrogen-bond acceptors (Lipinski definition) is 8. The van der Waals surface area contributed by atoms with Gasteiger partial charge in [-0.15, -0.1) is 0 Å². The zero-order chi connectivity index (χ0) is 21.3. The van der Waals surface area contributed by atoms with Gasteiger partial charge in [0.15, 0.2) is 11.5 Å². The SMILES string of the molecule is COc1ccc(CN2CCCC(COc3ccc(C(=O)C=NO)cn3)C2)cc1OC. The molecule has 30 heavy (non-hydrogen) atoms. The number of carbonyl (C=O) groups excluding carboxylic acids is 1. The van der Waals surface area contributed by atoms with Crippen LogP contribution in [-0.4, -0.2) is 61.0 Å². The van der Waals surface area contributed by atoms with Crippen LogP contribution in [0.4, 0.5) is 0 Å². The fourth-order valence-electron chi connectivity index (χ4n) is 3.61. The summed E-state index contributed by atoms with van der Waals surface area (Å²) in [4.78, 5) is 18.2. The van der Waals surface area contributed by atoms with Gasteiger partial charge in [-0.1, -0.05) is 11.2 Å². The maximum atomic E-state index is 11.6. The average Bonchev–Trinajstić information content (AvgIpc) is 2.78. The molecule has 8 nitrogen and oxygen atoms in total. The zero-order valence-electron chi connectivity index (χ0n) is 17.3. The Bertz CT molecular complexity index is 870. The number of hydrogen-bond donors (Lipinski definition) is 1. The molecule has 0 bridgehead atoms. The molecule has 1 N–H and O–H groups in total. The van der Waals surface area contributed by atoms with Crippen molar-refractivity contribution in [1.29, 1.82) is 0 Å². The van der Waals surface area contributed by atoms with Crippen molar-refractivity contribution in [3.05, 3.63) is 47.7 Å². The van der Waals surface area contributed by atoms with Gasteiger partial charge in [0.05, 0.1) is 20.8 Å². The summed E-state index contributed by atoms with van der Waals surface area (Å²) in [6.07, 6.45) is 4.48. The van der Waals surface area contributed by atoms with E-state index in [-0.39, 0.29) is 0 Å². The minimum Gasteiger partial charge on any atom is -0.493 e. The van der Waals surface area contributed by atoms with Crippen molar-refractivity contribution >= 4 is 12.0 Å². The van der Waals surface area contributed by atoms with Gasteiger partial charge < -0.3 is 19.4 Å². The van der Waals surface area contributed by atoms with Crippen LogP contribution >= 0.6 is 0 Å². The maximum absolute atomic E-state index is 11.6. The quantitative estimate of drug-likeness (QED) is 0.292. The van der Waals surface area contributed by atoms with E-state index in [1.807, 2.05) is 12.1 Å². The van der Waals surface area contributed by atoms with Crippen molar-refractivity contribution in [3.63, 3.8) is 0 Å². The summed E-state index contributed by atoms with van der Waals surface area (Å²) in [7, 11) is 3.28. The van der Waals surface area contributed by atoms with E-state index in [0.717, 1.165) is 50.2 Å². The summed E-state index contributed by atoms with van der Waals surface area (Å²) < 4.78 is 16.5. The summed E-state index contributed by atoms with van der Waals surface area (Å²) in [5.41, 5.74) is 1.53. The van der Waals surface area contributed by atoms with Crippen molar-refractivity contribution in [2.45, 2.75) is 19.4 Å². The zero-order valence-corrected chi connectivity index (χ0v) is 17.3. The number of nitrogens with zero attached hydrogens (tertiary/aromatic N) is 3. The van der Waals surface area contributed by atoms with Crippen LogP contribution in [0.25, 0.3) is 0 Å². The van der Waals surface area contributed by atoms with Gasteiger partial charge in [-0.25, -0.2) is 4.98 Å². The Morgan fingerprint density at radius 1 is 1.27 bits per heavy atom. The van der Waals surface area contributed by atoms with E-state index >= 15 is 0 Å². The topological polar surface area (TPSA) is 93.5 Å². The number of rotatable bonds is 9. The van der Waals surface area contributed by atoms with Gasteiger partial charge in [0, 0.05) is 36.8 Å². The molecule has 2 heterocycles. The number of methoxy groups -OCH3 is 2. The summed E-state index contributed by atoms with van der Waals surface area (Å²) in [6, 6.07) is 9.29. The fourth-order valence-corrected chi connectivity index (χ4v) is 3.61. The van der Waals surface area contributed by atoms with Crippen LogP contribution in [0.3, 0.4) is 0 Å². The number of piperidine rings is 1. The normalized spacial score (nSPS) is 17.1. The summed E-state index contributed by atoms with van der Waals surface area (Å²) in [6.45, 7) is 3.41. The van der Waals surface area contributed by atoms with Gasteiger partial charge in [-0.05, 0) is 43.1 Å². The molecule has 0 amide bonds. The van der Waals surface area contributed by atoms with Gasteiger partial charge in [-0.3, -0.25) is 9.69 Å². The third-order valence-corrected chi connectivity index (χ3v) is 5.12. The van der Waals surface area contributed by atoms with Crippen molar-refractivity contribution in [2.24, 2.45) is 11.1 Å². The first-order valence-electron chi connectivity index (χ1n) is 9.86. The summed E-state index contributed by atoms with van der Waals surface area (Å²) >= 11 is 0. The molecule has 1 aromatic heterocycles. The highest BCUT2D eigenvalue weighted by atomic mass is 16.5. The Balaban J connectivity index is 1.52. The minimum atomic E-state index is -0.408. The second kappa shape index (κ2) is 10.6. The van der Waals surface area contributed by atoms with E-state index in [1.54, 1.807) is 26.4 Å². The first-order valence-corrected chi connectivity index (χ1v) is 9.86. The highest BCUT2D eigenvalue weighted by molar-refractivity contribution is 6.35. The highest BCUT2D eigenvalue weighted by Crippen LogP contribution is 2.29. The molecule has 1 aliphatic heterocycles. The standard InChI is InChI=1S/C22H27N3O5/c1-28-20-7-5-16(10-21(20)29-2)13-25-9-3-4-17(14-25)15-30-22-8-6-18(11-23-22)19(26)12-24-27/h5-8,10-12,17,27H,3-4,9,13-15H2,1-2H3. The molecule has 8 heteroatoms. The van der Waals surface area contributed by atoms with E-state index in [0.29, 0.717) is 24.0 Å². The molecule has 0 spiro atoms. The van der Waals surface area contributed by atoms with E-state index in [2.05, 4.69) is 21.1 Å².